The fourth-order valence-corrected chi connectivity index (χ4v) is 2.87. The number of pyridine rings is 1. The molecule has 5 heteroatoms. The lowest BCUT2D eigenvalue weighted by atomic mass is 10.1. The van der Waals surface area contributed by atoms with Gasteiger partial charge in [-0.15, -0.1) is 0 Å². The minimum atomic E-state index is -1.07. The Hall–Kier alpha value is -2.69. The Morgan fingerprint density at radius 1 is 1.12 bits per heavy atom. The first-order chi connectivity index (χ1) is 11.6. The Kier molecular flexibility index (Phi) is 3.56. The Bertz CT molecular complexity index is 963. The van der Waals surface area contributed by atoms with Crippen molar-refractivity contribution < 1.29 is 13.5 Å². The zero-order chi connectivity index (χ0) is 16.7. The summed E-state index contributed by atoms with van der Waals surface area (Å²) in [6.45, 7) is 0.101. The number of rotatable bonds is 4. The normalized spacial score (nSPS) is 14.1. The summed E-state index contributed by atoms with van der Waals surface area (Å²) in [4.78, 5) is 12.1. The molecule has 3 nitrogen and oxygen atoms in total. The van der Waals surface area contributed by atoms with Gasteiger partial charge in [0.05, 0.1) is 10.9 Å². The van der Waals surface area contributed by atoms with Crippen molar-refractivity contribution in [2.24, 2.45) is 0 Å². The summed E-state index contributed by atoms with van der Waals surface area (Å²) in [5.74, 6) is -2.33. The SMILES string of the molecule is O=c1ccn(C2CC2)c2c(OCc3ccccc3)c(F)c(F)cc12. The molecule has 2 aromatic carbocycles. The third-order valence-corrected chi connectivity index (χ3v) is 4.23. The summed E-state index contributed by atoms with van der Waals surface area (Å²) >= 11 is 0. The molecule has 0 amide bonds. The van der Waals surface area contributed by atoms with Gasteiger partial charge < -0.3 is 9.30 Å². The van der Waals surface area contributed by atoms with E-state index in [1.54, 1.807) is 6.20 Å². The molecule has 0 radical (unpaired) electrons. The van der Waals surface area contributed by atoms with E-state index in [2.05, 4.69) is 0 Å². The van der Waals surface area contributed by atoms with Gasteiger partial charge in [0.1, 0.15) is 6.61 Å². The number of aromatic nitrogens is 1. The highest BCUT2D eigenvalue weighted by molar-refractivity contribution is 5.85. The molecule has 0 unspecified atom stereocenters. The lowest BCUT2D eigenvalue weighted by Gasteiger charge is -2.16. The van der Waals surface area contributed by atoms with Crippen LogP contribution in [0.15, 0.2) is 53.5 Å². The van der Waals surface area contributed by atoms with Gasteiger partial charge in [-0.1, -0.05) is 30.3 Å². The largest absolute Gasteiger partial charge is 0.483 e. The monoisotopic (exact) mass is 327 g/mol. The number of fused-ring (bicyclic) bond motifs is 1. The first-order valence-electron chi connectivity index (χ1n) is 7.84. The Morgan fingerprint density at radius 3 is 2.58 bits per heavy atom. The van der Waals surface area contributed by atoms with Gasteiger partial charge >= 0.3 is 0 Å². The predicted octanol–water partition coefficient (Wildman–Crippen LogP) is 4.19. The first-order valence-corrected chi connectivity index (χ1v) is 7.84. The van der Waals surface area contributed by atoms with Gasteiger partial charge in [0.15, 0.2) is 17.0 Å². The van der Waals surface area contributed by atoms with Gasteiger partial charge in [-0.25, -0.2) is 4.39 Å². The van der Waals surface area contributed by atoms with Gasteiger partial charge in [0, 0.05) is 18.3 Å². The molecule has 0 spiro atoms. The molecule has 0 N–H and O–H groups in total. The standard InChI is InChI=1S/C19H15F2NO2/c20-15-10-14-16(23)8-9-22(13-6-7-13)18(14)19(17(15)21)24-11-12-4-2-1-3-5-12/h1-5,8-10,13H,6-7,11H2. The van der Waals surface area contributed by atoms with Crippen LogP contribution in [0, 0.1) is 11.6 Å². The average molecular weight is 327 g/mol. The Balaban J connectivity index is 1.87. The predicted molar refractivity (Wildman–Crippen MR) is 87.2 cm³/mol. The van der Waals surface area contributed by atoms with Crippen molar-refractivity contribution in [3.05, 3.63) is 76.1 Å². The number of nitrogens with zero attached hydrogens (tertiary/aromatic N) is 1. The van der Waals surface area contributed by atoms with Crippen LogP contribution in [-0.2, 0) is 6.61 Å². The van der Waals surface area contributed by atoms with Crippen LogP contribution < -0.4 is 10.2 Å². The average Bonchev–Trinajstić information content (AvgIpc) is 3.42. The summed E-state index contributed by atoms with van der Waals surface area (Å²) < 4.78 is 35.8. The van der Waals surface area contributed by atoms with Crippen LogP contribution in [0.25, 0.3) is 10.9 Å². The molecule has 0 bridgehead atoms. The van der Waals surface area contributed by atoms with Gasteiger partial charge in [-0.3, -0.25) is 4.79 Å². The molecule has 0 atom stereocenters. The van der Waals surface area contributed by atoms with Crippen LogP contribution in [0.4, 0.5) is 8.78 Å². The molecular weight excluding hydrogens is 312 g/mol. The lowest BCUT2D eigenvalue weighted by molar-refractivity contribution is 0.287. The summed E-state index contributed by atoms with van der Waals surface area (Å²) in [6.07, 6.45) is 3.54. The van der Waals surface area contributed by atoms with Crippen LogP contribution in [0.2, 0.25) is 0 Å². The molecule has 0 aliphatic heterocycles. The Morgan fingerprint density at radius 2 is 1.88 bits per heavy atom. The van der Waals surface area contributed by atoms with E-state index < -0.39 is 11.6 Å². The smallest absolute Gasteiger partial charge is 0.202 e. The molecule has 1 saturated carbocycles. The second-order valence-electron chi connectivity index (χ2n) is 5.99. The molecule has 1 aliphatic carbocycles. The third-order valence-electron chi connectivity index (χ3n) is 4.23. The summed E-state index contributed by atoms with van der Waals surface area (Å²) in [7, 11) is 0. The van der Waals surface area contributed by atoms with E-state index in [1.165, 1.54) is 6.07 Å². The second-order valence-corrected chi connectivity index (χ2v) is 5.99. The van der Waals surface area contributed by atoms with E-state index in [9.17, 15) is 13.6 Å². The van der Waals surface area contributed by atoms with Crippen molar-refractivity contribution in [2.75, 3.05) is 0 Å². The van der Waals surface area contributed by atoms with Crippen molar-refractivity contribution in [3.63, 3.8) is 0 Å². The fraction of sp³-hybridized carbons (Fsp3) is 0.211. The van der Waals surface area contributed by atoms with Gasteiger partial charge in [-0.2, -0.15) is 4.39 Å². The quantitative estimate of drug-likeness (QED) is 0.719. The van der Waals surface area contributed by atoms with Gasteiger partial charge in [0.2, 0.25) is 5.82 Å². The van der Waals surface area contributed by atoms with E-state index in [1.807, 2.05) is 34.9 Å². The molecule has 1 fully saturated rings. The minimum absolute atomic E-state index is 0.101. The zero-order valence-electron chi connectivity index (χ0n) is 12.8. The van der Waals surface area contributed by atoms with Crippen LogP contribution >= 0.6 is 0 Å². The lowest BCUT2D eigenvalue weighted by Crippen LogP contribution is -2.11. The number of hydrogen-bond acceptors (Lipinski definition) is 2. The first kappa shape index (κ1) is 14.9. The fourth-order valence-electron chi connectivity index (χ4n) is 2.87. The molecule has 0 saturated heterocycles. The molecule has 122 valence electrons. The molecule has 1 aromatic heterocycles. The van der Waals surface area contributed by atoms with Crippen molar-refractivity contribution in [1.29, 1.82) is 0 Å². The second kappa shape index (κ2) is 5.74. The van der Waals surface area contributed by atoms with Crippen molar-refractivity contribution in [3.8, 4) is 5.75 Å². The van der Waals surface area contributed by atoms with Crippen LogP contribution in [-0.4, -0.2) is 4.57 Å². The van der Waals surface area contributed by atoms with Crippen LogP contribution in [0.3, 0.4) is 0 Å². The van der Waals surface area contributed by atoms with Gasteiger partial charge in [-0.05, 0) is 24.5 Å². The molecular formula is C19H15F2NO2. The summed E-state index contributed by atoms with van der Waals surface area (Å²) in [5.41, 5.74) is 0.829. The maximum atomic E-state index is 14.4. The van der Waals surface area contributed by atoms with Crippen LogP contribution in [0.5, 0.6) is 5.75 Å². The van der Waals surface area contributed by atoms with Crippen molar-refractivity contribution in [2.45, 2.75) is 25.5 Å². The van der Waals surface area contributed by atoms with E-state index in [-0.39, 0.29) is 29.2 Å². The number of benzene rings is 2. The molecule has 3 aromatic rings. The number of halogens is 2. The van der Waals surface area contributed by atoms with E-state index in [0.717, 1.165) is 24.5 Å². The van der Waals surface area contributed by atoms with Crippen LogP contribution in [0.1, 0.15) is 24.4 Å². The van der Waals surface area contributed by atoms with E-state index >= 15 is 0 Å². The Labute approximate surface area is 137 Å². The minimum Gasteiger partial charge on any atom is -0.483 e. The van der Waals surface area contributed by atoms with Gasteiger partial charge in [0.25, 0.3) is 0 Å². The van der Waals surface area contributed by atoms with Crippen molar-refractivity contribution >= 4 is 10.9 Å². The summed E-state index contributed by atoms with van der Waals surface area (Å²) in [5, 5.41) is 0.145. The highest BCUT2D eigenvalue weighted by Gasteiger charge is 2.28. The molecule has 4 rings (SSSR count). The molecule has 1 heterocycles. The highest BCUT2D eigenvalue weighted by Crippen LogP contribution is 2.40. The van der Waals surface area contributed by atoms with E-state index in [0.29, 0.717) is 5.52 Å². The maximum Gasteiger partial charge on any atom is 0.202 e. The molecule has 1 aliphatic rings. The number of hydrogen-bond donors (Lipinski definition) is 0. The van der Waals surface area contributed by atoms with E-state index in [4.69, 9.17) is 4.74 Å². The topological polar surface area (TPSA) is 31.2 Å². The zero-order valence-corrected chi connectivity index (χ0v) is 12.8. The maximum absolute atomic E-state index is 14.4. The highest BCUT2D eigenvalue weighted by atomic mass is 19.2. The van der Waals surface area contributed by atoms with Crippen molar-refractivity contribution in [1.82, 2.24) is 4.57 Å². The summed E-state index contributed by atoms with van der Waals surface area (Å²) in [6, 6.07) is 11.8. The number of ether oxygens (including phenoxy) is 1. The third kappa shape index (κ3) is 2.56. The molecule has 24 heavy (non-hydrogen) atoms.